The lowest BCUT2D eigenvalue weighted by molar-refractivity contribution is -0.118. The number of nitrogens with one attached hydrogen (secondary N) is 1. The number of amides is 1. The van der Waals surface area contributed by atoms with Crippen LogP contribution in [0, 0.1) is 23.7 Å². The van der Waals surface area contributed by atoms with Gasteiger partial charge in [0.05, 0.1) is 23.3 Å². The van der Waals surface area contributed by atoms with Crippen molar-refractivity contribution in [3.8, 4) is 6.07 Å². The molecule has 0 saturated heterocycles. The van der Waals surface area contributed by atoms with E-state index < -0.39 is 5.92 Å². The van der Waals surface area contributed by atoms with Crippen LogP contribution in [0.3, 0.4) is 0 Å². The molecule has 2 aliphatic rings. The zero-order valence-electron chi connectivity index (χ0n) is 21.4. The number of benzene rings is 1. The van der Waals surface area contributed by atoms with E-state index in [1.807, 2.05) is 43.3 Å². The van der Waals surface area contributed by atoms with Crippen molar-refractivity contribution in [1.82, 2.24) is 10.2 Å². The van der Waals surface area contributed by atoms with Crippen LogP contribution in [-0.2, 0) is 9.59 Å². The molecule has 5 rings (SSSR count). The lowest BCUT2D eigenvalue weighted by Crippen LogP contribution is -2.42. The predicted octanol–water partition coefficient (Wildman–Crippen LogP) is 6.34. The number of ketones is 1. The molecule has 1 aliphatic carbocycles. The molecule has 1 aromatic carbocycles. The average Bonchev–Trinajstić information content (AvgIpc) is 3.51. The van der Waals surface area contributed by atoms with Gasteiger partial charge < -0.3 is 11.1 Å². The molecule has 2 aromatic heterocycles. The summed E-state index contributed by atoms with van der Waals surface area (Å²) in [6.07, 6.45) is 0.996. The van der Waals surface area contributed by atoms with E-state index in [1.54, 1.807) is 16.2 Å². The van der Waals surface area contributed by atoms with Crippen LogP contribution in [0.1, 0.15) is 42.4 Å². The number of Topliss-reactive ketones (excluding diaryl/α,β-unsaturated/α-hetero) is 1. The summed E-state index contributed by atoms with van der Waals surface area (Å²) in [5.74, 6) is -0.224. The number of carbonyl (C=O) groups excluding carboxylic acids is 2. The minimum atomic E-state index is -0.493. The Bertz CT molecular complexity index is 1560. The van der Waals surface area contributed by atoms with Gasteiger partial charge in [-0.25, -0.2) is 0 Å². The monoisotopic (exact) mass is 640 g/mol. The molecule has 0 bridgehead atoms. The van der Waals surface area contributed by atoms with E-state index in [9.17, 15) is 14.9 Å². The quantitative estimate of drug-likeness (QED) is 0.299. The number of halogens is 1. The van der Waals surface area contributed by atoms with Crippen molar-refractivity contribution in [3.05, 3.63) is 73.3 Å². The summed E-state index contributed by atoms with van der Waals surface area (Å²) >= 11 is 7.50. The highest BCUT2D eigenvalue weighted by Crippen LogP contribution is 2.51. The third kappa shape index (κ3) is 5.68. The fourth-order valence-corrected chi connectivity index (χ4v) is 7.77. The zero-order chi connectivity index (χ0) is 27.9. The van der Waals surface area contributed by atoms with Crippen LogP contribution in [0.25, 0.3) is 0 Å². The molecule has 39 heavy (non-hydrogen) atoms. The molecule has 0 spiro atoms. The first-order chi connectivity index (χ1) is 18.6. The first kappa shape index (κ1) is 27.6. The van der Waals surface area contributed by atoms with Gasteiger partial charge in [-0.05, 0) is 55.2 Å². The van der Waals surface area contributed by atoms with Gasteiger partial charge in [0, 0.05) is 37.6 Å². The summed E-state index contributed by atoms with van der Waals surface area (Å²) < 4.78 is 1.52. The number of thiophene rings is 1. The maximum atomic E-state index is 13.6. The van der Waals surface area contributed by atoms with Crippen molar-refractivity contribution < 1.29 is 9.59 Å². The normalized spacial score (nSPS) is 18.7. The molecular formula is C27H25BrN6O2S3. The van der Waals surface area contributed by atoms with Gasteiger partial charge in [0.2, 0.25) is 11.0 Å². The first-order valence-electron chi connectivity index (χ1n) is 12.1. The molecule has 3 heterocycles. The molecule has 1 amide bonds. The summed E-state index contributed by atoms with van der Waals surface area (Å²) in [6, 6.07) is 13.6. The van der Waals surface area contributed by atoms with Gasteiger partial charge in [-0.15, -0.1) is 21.5 Å². The third-order valence-electron chi connectivity index (χ3n) is 6.47. The summed E-state index contributed by atoms with van der Waals surface area (Å²) in [5, 5.41) is 22.2. The van der Waals surface area contributed by atoms with E-state index in [2.05, 4.69) is 51.4 Å². The molecule has 3 N–H and O–H groups in total. The summed E-state index contributed by atoms with van der Waals surface area (Å²) in [5.41, 5.74) is 8.82. The molecule has 0 saturated carbocycles. The smallest absolute Gasteiger partial charge is 0.234 e. The van der Waals surface area contributed by atoms with Gasteiger partial charge in [-0.1, -0.05) is 52.9 Å². The van der Waals surface area contributed by atoms with Crippen LogP contribution in [0.4, 0.5) is 10.8 Å². The maximum Gasteiger partial charge on any atom is 0.234 e. The van der Waals surface area contributed by atoms with E-state index >= 15 is 0 Å². The predicted molar refractivity (Wildman–Crippen MR) is 160 cm³/mol. The fraction of sp³-hybridized carbons (Fsp3) is 0.296. The van der Waals surface area contributed by atoms with Crippen molar-refractivity contribution in [2.75, 3.05) is 16.0 Å². The Morgan fingerprint density at radius 1 is 1.23 bits per heavy atom. The van der Waals surface area contributed by atoms with E-state index in [0.29, 0.717) is 39.1 Å². The first-order valence-corrected chi connectivity index (χ1v) is 15.5. The lowest BCUT2D eigenvalue weighted by Gasteiger charge is -2.42. The van der Waals surface area contributed by atoms with Gasteiger partial charge in [-0.3, -0.25) is 14.5 Å². The van der Waals surface area contributed by atoms with Crippen LogP contribution < -0.4 is 16.0 Å². The standard InChI is InChI=1S/C27H25BrN6O2S3/c1-14-4-9-20(38-14)22-17(12-29)24(30)34(18-10-27(2,3)11-19(35)23(18)22)25-32-33-26(39-25)37-13-21(36)31-16-7-5-15(28)6-8-16/h4-9,22H,10-11,13,30H2,1-3H3,(H,31,36). The summed E-state index contributed by atoms with van der Waals surface area (Å²) in [6.45, 7) is 6.12. The van der Waals surface area contributed by atoms with Crippen LogP contribution >= 0.6 is 50.4 Å². The second-order valence-electron chi connectivity index (χ2n) is 10.1. The molecule has 3 aromatic rings. The number of hydrogen-bond donors (Lipinski definition) is 2. The van der Waals surface area contributed by atoms with Crippen molar-refractivity contribution in [1.29, 1.82) is 5.26 Å². The lowest BCUT2D eigenvalue weighted by atomic mass is 9.70. The highest BCUT2D eigenvalue weighted by Gasteiger charge is 2.45. The van der Waals surface area contributed by atoms with Gasteiger partial charge in [-0.2, -0.15) is 5.26 Å². The van der Waals surface area contributed by atoms with E-state index in [-0.39, 0.29) is 28.7 Å². The topological polar surface area (TPSA) is 125 Å². The highest BCUT2D eigenvalue weighted by molar-refractivity contribution is 9.10. The summed E-state index contributed by atoms with van der Waals surface area (Å²) in [7, 11) is 0. The third-order valence-corrected chi connectivity index (χ3v) is 10.1. The molecule has 0 fully saturated rings. The van der Waals surface area contributed by atoms with Crippen molar-refractivity contribution in [2.24, 2.45) is 11.1 Å². The van der Waals surface area contributed by atoms with Crippen LogP contribution in [0.2, 0.25) is 0 Å². The Hall–Kier alpha value is -2.98. The van der Waals surface area contributed by atoms with E-state index in [1.165, 1.54) is 23.1 Å². The number of thioether (sulfide) groups is 1. The van der Waals surface area contributed by atoms with Crippen LogP contribution in [0.5, 0.6) is 0 Å². The molecule has 8 nitrogen and oxygen atoms in total. The molecule has 1 aliphatic heterocycles. The second kappa shape index (κ2) is 10.9. The number of anilines is 2. The fourth-order valence-electron chi connectivity index (χ4n) is 4.83. The molecule has 1 unspecified atom stereocenters. The number of rotatable bonds is 6. The van der Waals surface area contributed by atoms with Crippen LogP contribution in [-0.4, -0.2) is 27.6 Å². The number of aromatic nitrogens is 2. The molecule has 0 radical (unpaired) electrons. The van der Waals surface area contributed by atoms with E-state index in [4.69, 9.17) is 5.73 Å². The highest BCUT2D eigenvalue weighted by atomic mass is 79.9. The van der Waals surface area contributed by atoms with Crippen molar-refractivity contribution in [3.63, 3.8) is 0 Å². The maximum absolute atomic E-state index is 13.6. The molecule has 200 valence electrons. The minimum absolute atomic E-state index is 0.0197. The van der Waals surface area contributed by atoms with Crippen molar-refractivity contribution in [2.45, 2.75) is 43.9 Å². The number of hydrogen-bond acceptors (Lipinski definition) is 10. The Morgan fingerprint density at radius 3 is 2.64 bits per heavy atom. The van der Waals surface area contributed by atoms with Gasteiger partial charge in [0.1, 0.15) is 5.82 Å². The Balaban J connectivity index is 1.45. The number of allylic oxidation sites excluding steroid dienone is 3. The second-order valence-corrected chi connectivity index (χ2v) is 14.5. The van der Waals surface area contributed by atoms with Crippen LogP contribution in [0.15, 0.2) is 67.9 Å². The van der Waals surface area contributed by atoms with Gasteiger partial charge >= 0.3 is 0 Å². The zero-order valence-corrected chi connectivity index (χ0v) is 25.5. The van der Waals surface area contributed by atoms with Gasteiger partial charge in [0.25, 0.3) is 0 Å². The number of carbonyl (C=O) groups is 2. The molecule has 12 heteroatoms. The number of nitriles is 1. The Kier molecular flexibility index (Phi) is 7.70. The number of aryl methyl sites for hydroxylation is 1. The molecule has 1 atom stereocenters. The molecular weight excluding hydrogens is 616 g/mol. The Labute approximate surface area is 247 Å². The average molecular weight is 642 g/mol. The van der Waals surface area contributed by atoms with Gasteiger partial charge in [0.15, 0.2) is 10.1 Å². The SMILES string of the molecule is Cc1ccc(C2C(C#N)=C(N)N(c3nnc(SCC(=O)Nc4ccc(Br)cc4)s3)C3=C2C(=O)CC(C)(C)C3)s1. The number of nitrogens with zero attached hydrogens (tertiary/aromatic N) is 4. The van der Waals surface area contributed by atoms with Crippen molar-refractivity contribution >= 4 is 72.9 Å². The largest absolute Gasteiger partial charge is 0.384 e. The van der Waals surface area contributed by atoms with E-state index in [0.717, 1.165) is 19.9 Å². The minimum Gasteiger partial charge on any atom is -0.384 e. The number of nitrogens with two attached hydrogens (primary N) is 1. The Morgan fingerprint density at radius 2 is 1.97 bits per heavy atom. The summed E-state index contributed by atoms with van der Waals surface area (Å²) in [4.78, 5) is 29.8.